The molecule has 2 atom stereocenters. The molecule has 2 heteroatoms. The van der Waals surface area contributed by atoms with Crippen molar-refractivity contribution >= 4 is 5.97 Å². The maximum atomic E-state index is 10.6. The van der Waals surface area contributed by atoms with Crippen molar-refractivity contribution < 1.29 is 9.90 Å². The Bertz CT molecular complexity index is 204. The SMILES string of the molecule is CC=C[C@H]1[C@@H](C(=O)O)C1(C)C. The van der Waals surface area contributed by atoms with Crippen molar-refractivity contribution in [2.45, 2.75) is 20.8 Å². The summed E-state index contributed by atoms with van der Waals surface area (Å²) in [6.45, 7) is 5.92. The molecule has 1 N–H and O–H groups in total. The third-order valence-corrected chi connectivity index (χ3v) is 2.58. The summed E-state index contributed by atoms with van der Waals surface area (Å²) in [4.78, 5) is 10.6. The smallest absolute Gasteiger partial charge is 0.307 e. The summed E-state index contributed by atoms with van der Waals surface area (Å²) < 4.78 is 0. The van der Waals surface area contributed by atoms with Gasteiger partial charge in [-0.15, -0.1) is 0 Å². The highest BCUT2D eigenvalue weighted by atomic mass is 16.4. The molecule has 2 nitrogen and oxygen atoms in total. The predicted molar refractivity (Wildman–Crippen MR) is 43.2 cm³/mol. The third kappa shape index (κ3) is 1.17. The Kier molecular flexibility index (Phi) is 1.78. The molecule has 0 radical (unpaired) electrons. The van der Waals surface area contributed by atoms with Crippen molar-refractivity contribution in [3.8, 4) is 0 Å². The van der Waals surface area contributed by atoms with Gasteiger partial charge < -0.3 is 5.11 Å². The minimum Gasteiger partial charge on any atom is -0.481 e. The molecule has 0 aliphatic heterocycles. The van der Waals surface area contributed by atoms with E-state index in [0.717, 1.165) is 0 Å². The van der Waals surface area contributed by atoms with Crippen molar-refractivity contribution in [1.82, 2.24) is 0 Å². The molecule has 0 unspecified atom stereocenters. The number of hydrogen-bond acceptors (Lipinski definition) is 1. The summed E-state index contributed by atoms with van der Waals surface area (Å²) >= 11 is 0. The van der Waals surface area contributed by atoms with E-state index in [1.807, 2.05) is 32.9 Å². The second kappa shape index (κ2) is 2.36. The molecule has 0 bridgehead atoms. The zero-order valence-electron chi connectivity index (χ0n) is 7.16. The average Bonchev–Trinajstić information content (AvgIpc) is 2.35. The molecule has 0 aromatic carbocycles. The molecule has 0 heterocycles. The lowest BCUT2D eigenvalue weighted by atomic mass is 10.1. The molecule has 1 rings (SSSR count). The van der Waals surface area contributed by atoms with Gasteiger partial charge in [0, 0.05) is 0 Å². The minimum atomic E-state index is -0.668. The number of rotatable bonds is 2. The van der Waals surface area contributed by atoms with Gasteiger partial charge in [-0.25, -0.2) is 0 Å². The van der Waals surface area contributed by atoms with E-state index in [-0.39, 0.29) is 17.3 Å². The maximum absolute atomic E-state index is 10.6. The number of carboxylic acids is 1. The quantitative estimate of drug-likeness (QED) is 0.617. The molecule has 1 fully saturated rings. The highest BCUT2D eigenvalue weighted by molar-refractivity contribution is 5.76. The Labute approximate surface area is 66.9 Å². The summed E-state index contributed by atoms with van der Waals surface area (Å²) in [6.07, 6.45) is 3.91. The van der Waals surface area contributed by atoms with Gasteiger partial charge in [0.25, 0.3) is 0 Å². The van der Waals surface area contributed by atoms with Gasteiger partial charge >= 0.3 is 5.97 Å². The lowest BCUT2D eigenvalue weighted by molar-refractivity contribution is -0.139. The van der Waals surface area contributed by atoms with Gasteiger partial charge in [-0.05, 0) is 18.3 Å². The topological polar surface area (TPSA) is 37.3 Å². The number of carbonyl (C=O) groups is 1. The van der Waals surface area contributed by atoms with Gasteiger partial charge in [-0.1, -0.05) is 26.0 Å². The van der Waals surface area contributed by atoms with E-state index in [1.54, 1.807) is 0 Å². The molecule has 1 aliphatic carbocycles. The Balaban J connectivity index is 2.68. The van der Waals surface area contributed by atoms with Crippen LogP contribution in [0.3, 0.4) is 0 Å². The van der Waals surface area contributed by atoms with E-state index in [0.29, 0.717) is 0 Å². The molecule has 1 aliphatic rings. The van der Waals surface area contributed by atoms with E-state index in [4.69, 9.17) is 5.11 Å². The fourth-order valence-corrected chi connectivity index (χ4v) is 1.72. The van der Waals surface area contributed by atoms with Crippen LogP contribution in [-0.2, 0) is 4.79 Å². The van der Waals surface area contributed by atoms with Crippen LogP contribution in [0.15, 0.2) is 12.2 Å². The van der Waals surface area contributed by atoms with Gasteiger partial charge in [-0.3, -0.25) is 4.79 Å². The first-order valence-electron chi connectivity index (χ1n) is 3.87. The summed E-state index contributed by atoms with van der Waals surface area (Å²) in [5, 5.41) is 8.75. The van der Waals surface area contributed by atoms with Crippen molar-refractivity contribution in [2.75, 3.05) is 0 Å². The first-order valence-corrected chi connectivity index (χ1v) is 3.87. The zero-order valence-corrected chi connectivity index (χ0v) is 7.16. The van der Waals surface area contributed by atoms with E-state index in [9.17, 15) is 4.79 Å². The summed E-state index contributed by atoms with van der Waals surface area (Å²) in [5.41, 5.74) is -0.0294. The fourth-order valence-electron chi connectivity index (χ4n) is 1.72. The molecular weight excluding hydrogens is 140 g/mol. The van der Waals surface area contributed by atoms with Gasteiger partial charge in [0.05, 0.1) is 5.92 Å². The monoisotopic (exact) mass is 154 g/mol. The highest BCUT2D eigenvalue weighted by Gasteiger charge is 2.60. The Morgan fingerprint density at radius 3 is 2.36 bits per heavy atom. The van der Waals surface area contributed by atoms with Gasteiger partial charge in [-0.2, -0.15) is 0 Å². The first-order chi connectivity index (χ1) is 5.01. The first kappa shape index (κ1) is 8.31. The number of carboxylic acid groups (broad SMARTS) is 1. The van der Waals surface area contributed by atoms with Crippen LogP contribution in [0, 0.1) is 17.3 Å². The number of hydrogen-bond donors (Lipinski definition) is 1. The molecule has 0 saturated heterocycles. The van der Waals surface area contributed by atoms with Gasteiger partial charge in [0.2, 0.25) is 0 Å². The molecule has 0 aromatic rings. The van der Waals surface area contributed by atoms with Crippen molar-refractivity contribution in [3.05, 3.63) is 12.2 Å². The van der Waals surface area contributed by atoms with Crippen molar-refractivity contribution in [1.29, 1.82) is 0 Å². The standard InChI is InChI=1S/C9H14O2/c1-4-5-6-7(8(10)11)9(6,2)3/h4-7H,1-3H3,(H,10,11)/t6-,7-/m0/s1. The van der Waals surface area contributed by atoms with E-state index in [1.165, 1.54) is 0 Å². The van der Waals surface area contributed by atoms with Crippen LogP contribution >= 0.6 is 0 Å². The third-order valence-electron chi connectivity index (χ3n) is 2.58. The lowest BCUT2D eigenvalue weighted by Gasteiger charge is -1.95. The van der Waals surface area contributed by atoms with Crippen LogP contribution in [0.1, 0.15) is 20.8 Å². The number of aliphatic carboxylic acids is 1. The summed E-state index contributed by atoms with van der Waals surface area (Å²) in [5.74, 6) is -0.596. The molecule has 0 aromatic heterocycles. The highest BCUT2D eigenvalue weighted by Crippen LogP contribution is 2.58. The van der Waals surface area contributed by atoms with Crippen LogP contribution in [0.25, 0.3) is 0 Å². The Hall–Kier alpha value is -0.790. The van der Waals surface area contributed by atoms with E-state index < -0.39 is 5.97 Å². The average molecular weight is 154 g/mol. The van der Waals surface area contributed by atoms with E-state index in [2.05, 4.69) is 0 Å². The fraction of sp³-hybridized carbons (Fsp3) is 0.667. The van der Waals surface area contributed by atoms with Crippen LogP contribution in [0.4, 0.5) is 0 Å². The largest absolute Gasteiger partial charge is 0.481 e. The summed E-state index contributed by atoms with van der Waals surface area (Å²) in [7, 11) is 0. The van der Waals surface area contributed by atoms with Crippen LogP contribution in [-0.4, -0.2) is 11.1 Å². The Morgan fingerprint density at radius 2 is 2.09 bits per heavy atom. The molecule has 11 heavy (non-hydrogen) atoms. The molecule has 1 saturated carbocycles. The molecule has 62 valence electrons. The summed E-state index contributed by atoms with van der Waals surface area (Å²) in [6, 6.07) is 0. The van der Waals surface area contributed by atoms with Crippen molar-refractivity contribution in [3.63, 3.8) is 0 Å². The molecule has 0 spiro atoms. The molecular formula is C9H14O2. The number of allylic oxidation sites excluding steroid dienone is 2. The zero-order chi connectivity index (χ0) is 8.65. The van der Waals surface area contributed by atoms with Crippen LogP contribution in [0.2, 0.25) is 0 Å². The second-order valence-corrected chi connectivity index (χ2v) is 3.69. The normalized spacial score (nSPS) is 34.1. The van der Waals surface area contributed by atoms with Crippen LogP contribution < -0.4 is 0 Å². The second-order valence-electron chi connectivity index (χ2n) is 3.69. The van der Waals surface area contributed by atoms with Crippen LogP contribution in [0.5, 0.6) is 0 Å². The van der Waals surface area contributed by atoms with Crippen molar-refractivity contribution in [2.24, 2.45) is 17.3 Å². The molecule has 0 amide bonds. The minimum absolute atomic E-state index is 0.0294. The van der Waals surface area contributed by atoms with E-state index >= 15 is 0 Å². The van der Waals surface area contributed by atoms with Gasteiger partial charge in [0.1, 0.15) is 0 Å². The Morgan fingerprint density at radius 1 is 1.55 bits per heavy atom. The lowest BCUT2D eigenvalue weighted by Crippen LogP contribution is -2.02. The predicted octanol–water partition coefficient (Wildman–Crippen LogP) is 1.92. The maximum Gasteiger partial charge on any atom is 0.307 e. The van der Waals surface area contributed by atoms with Gasteiger partial charge in [0.15, 0.2) is 0 Å².